The van der Waals surface area contributed by atoms with Crippen LogP contribution in [-0.4, -0.2) is 54.7 Å². The number of piperidine rings is 1. The first-order valence-corrected chi connectivity index (χ1v) is 7.77. The zero-order valence-corrected chi connectivity index (χ0v) is 13.2. The van der Waals surface area contributed by atoms with Gasteiger partial charge < -0.3 is 10.6 Å². The molecule has 0 aromatic heterocycles. The van der Waals surface area contributed by atoms with Gasteiger partial charge in [0.05, 0.1) is 11.1 Å². The first-order valence-electron chi connectivity index (χ1n) is 7.77. The summed E-state index contributed by atoms with van der Waals surface area (Å²) < 4.78 is 0. The molecule has 3 rings (SSSR count). The number of hydrogen-bond donors (Lipinski definition) is 3. The van der Waals surface area contributed by atoms with E-state index in [1.54, 1.807) is 18.2 Å². The van der Waals surface area contributed by atoms with E-state index < -0.39 is 23.8 Å². The van der Waals surface area contributed by atoms with E-state index in [4.69, 9.17) is 0 Å². The molecule has 2 heterocycles. The maximum absolute atomic E-state index is 12.8. The third-order valence-corrected chi connectivity index (χ3v) is 4.16. The third kappa shape index (κ3) is 2.65. The monoisotopic (exact) mass is 330 g/mol. The van der Waals surface area contributed by atoms with Gasteiger partial charge in [0.2, 0.25) is 11.8 Å². The Labute approximate surface area is 138 Å². The summed E-state index contributed by atoms with van der Waals surface area (Å²) >= 11 is 0. The van der Waals surface area contributed by atoms with Crippen molar-refractivity contribution in [2.24, 2.45) is 0 Å². The number of likely N-dealkylation sites (N-methyl/N-ethyl adjacent to an activating group) is 1. The van der Waals surface area contributed by atoms with Crippen molar-refractivity contribution in [3.8, 4) is 0 Å². The van der Waals surface area contributed by atoms with Gasteiger partial charge in [-0.25, -0.2) is 0 Å². The topological polar surface area (TPSA) is 108 Å². The van der Waals surface area contributed by atoms with Crippen molar-refractivity contribution >= 4 is 29.3 Å². The molecule has 2 aliphatic heterocycles. The van der Waals surface area contributed by atoms with Crippen molar-refractivity contribution in [3.63, 3.8) is 0 Å². The van der Waals surface area contributed by atoms with Crippen molar-refractivity contribution in [2.45, 2.75) is 18.9 Å². The van der Waals surface area contributed by atoms with Gasteiger partial charge in [-0.3, -0.25) is 29.4 Å². The molecule has 0 radical (unpaired) electrons. The van der Waals surface area contributed by atoms with Crippen LogP contribution in [0.1, 0.15) is 33.6 Å². The van der Waals surface area contributed by atoms with Crippen LogP contribution in [0.25, 0.3) is 0 Å². The molecule has 8 heteroatoms. The Bertz CT molecular complexity index is 731. The first-order chi connectivity index (χ1) is 11.5. The molecule has 2 aliphatic rings. The lowest BCUT2D eigenvalue weighted by Crippen LogP contribution is -2.54. The molecule has 0 aliphatic carbocycles. The minimum atomic E-state index is -0.944. The standard InChI is InChI=1S/C16H18N4O4/c1-17-7-8-18-10-4-2-3-9-13(10)16(24)20(15(9)23)11-5-6-12(21)19-14(11)22/h2-4,11,17-18H,5-8H2,1H3,(H,19,21,22). The van der Waals surface area contributed by atoms with Crippen LogP contribution >= 0.6 is 0 Å². The lowest BCUT2D eigenvalue weighted by Gasteiger charge is -2.27. The summed E-state index contributed by atoms with van der Waals surface area (Å²) in [6.07, 6.45) is 0.260. The minimum Gasteiger partial charge on any atom is -0.383 e. The second-order valence-corrected chi connectivity index (χ2v) is 5.71. The number of hydrogen-bond acceptors (Lipinski definition) is 6. The van der Waals surface area contributed by atoms with Crippen LogP contribution in [0.3, 0.4) is 0 Å². The van der Waals surface area contributed by atoms with Gasteiger partial charge in [-0.1, -0.05) is 6.07 Å². The van der Waals surface area contributed by atoms with Crippen LogP contribution in [0.2, 0.25) is 0 Å². The van der Waals surface area contributed by atoms with Gasteiger partial charge in [-0.2, -0.15) is 0 Å². The maximum Gasteiger partial charge on any atom is 0.264 e. The molecular formula is C16H18N4O4. The number of imide groups is 2. The van der Waals surface area contributed by atoms with Crippen LogP contribution < -0.4 is 16.0 Å². The second-order valence-electron chi connectivity index (χ2n) is 5.71. The molecule has 1 aromatic carbocycles. The van der Waals surface area contributed by atoms with Crippen molar-refractivity contribution in [1.29, 1.82) is 0 Å². The van der Waals surface area contributed by atoms with Gasteiger partial charge >= 0.3 is 0 Å². The van der Waals surface area contributed by atoms with Gasteiger partial charge in [-0.15, -0.1) is 0 Å². The maximum atomic E-state index is 12.8. The van der Waals surface area contributed by atoms with Crippen molar-refractivity contribution in [2.75, 3.05) is 25.5 Å². The van der Waals surface area contributed by atoms with E-state index in [1.807, 2.05) is 7.05 Å². The molecule has 1 unspecified atom stereocenters. The van der Waals surface area contributed by atoms with E-state index in [2.05, 4.69) is 16.0 Å². The van der Waals surface area contributed by atoms with Crippen molar-refractivity contribution < 1.29 is 19.2 Å². The molecule has 3 N–H and O–H groups in total. The smallest absolute Gasteiger partial charge is 0.264 e. The van der Waals surface area contributed by atoms with Crippen LogP contribution in [0.5, 0.6) is 0 Å². The van der Waals surface area contributed by atoms with Crippen LogP contribution in [-0.2, 0) is 9.59 Å². The van der Waals surface area contributed by atoms with E-state index in [9.17, 15) is 19.2 Å². The van der Waals surface area contributed by atoms with E-state index >= 15 is 0 Å². The Morgan fingerprint density at radius 3 is 2.67 bits per heavy atom. The molecule has 1 atom stereocenters. The summed E-state index contributed by atoms with van der Waals surface area (Å²) in [7, 11) is 1.82. The Kier molecular flexibility index (Phi) is 4.30. The fourth-order valence-corrected chi connectivity index (χ4v) is 2.98. The SMILES string of the molecule is CNCCNc1cccc2c1C(=O)N(C1CCC(=O)NC1=O)C2=O. The van der Waals surface area contributed by atoms with E-state index in [0.717, 1.165) is 4.90 Å². The molecule has 1 fully saturated rings. The van der Waals surface area contributed by atoms with Crippen LogP contribution in [0.15, 0.2) is 18.2 Å². The summed E-state index contributed by atoms with van der Waals surface area (Å²) in [5, 5.41) is 8.29. The summed E-state index contributed by atoms with van der Waals surface area (Å²) in [5.41, 5.74) is 1.12. The second kappa shape index (κ2) is 6.40. The highest BCUT2D eigenvalue weighted by atomic mass is 16.2. The predicted octanol–water partition coefficient (Wildman–Crippen LogP) is -0.281. The average molecular weight is 330 g/mol. The normalized spacial score (nSPS) is 20.2. The van der Waals surface area contributed by atoms with E-state index in [0.29, 0.717) is 18.8 Å². The average Bonchev–Trinajstić information content (AvgIpc) is 2.81. The Morgan fingerprint density at radius 2 is 1.96 bits per heavy atom. The number of carbonyl (C=O) groups is 4. The summed E-state index contributed by atoms with van der Waals surface area (Å²) in [4.78, 5) is 49.7. The van der Waals surface area contributed by atoms with Gasteiger partial charge in [-0.05, 0) is 25.6 Å². The fraction of sp³-hybridized carbons (Fsp3) is 0.375. The number of anilines is 1. The van der Waals surface area contributed by atoms with Gasteiger partial charge in [0, 0.05) is 25.2 Å². The predicted molar refractivity (Wildman–Crippen MR) is 85.5 cm³/mol. The summed E-state index contributed by atoms with van der Waals surface area (Å²) in [5.74, 6) is -1.99. The third-order valence-electron chi connectivity index (χ3n) is 4.16. The fourth-order valence-electron chi connectivity index (χ4n) is 2.98. The highest BCUT2D eigenvalue weighted by Gasteiger charge is 2.45. The van der Waals surface area contributed by atoms with Gasteiger partial charge in [0.1, 0.15) is 6.04 Å². The van der Waals surface area contributed by atoms with Crippen molar-refractivity contribution in [1.82, 2.24) is 15.5 Å². The summed E-state index contributed by atoms with van der Waals surface area (Å²) in [6.45, 7) is 1.29. The minimum absolute atomic E-state index is 0.108. The number of nitrogens with one attached hydrogen (secondary N) is 3. The van der Waals surface area contributed by atoms with E-state index in [-0.39, 0.29) is 29.9 Å². The van der Waals surface area contributed by atoms with Crippen molar-refractivity contribution in [3.05, 3.63) is 29.3 Å². The molecular weight excluding hydrogens is 312 g/mol. The molecule has 1 saturated heterocycles. The number of rotatable bonds is 5. The highest BCUT2D eigenvalue weighted by molar-refractivity contribution is 6.25. The molecule has 0 spiro atoms. The summed E-state index contributed by atoms with van der Waals surface area (Å²) in [6, 6.07) is 4.05. The number of amides is 4. The van der Waals surface area contributed by atoms with Crippen LogP contribution in [0, 0.1) is 0 Å². The van der Waals surface area contributed by atoms with Crippen LogP contribution in [0.4, 0.5) is 5.69 Å². The molecule has 1 aromatic rings. The number of fused-ring (bicyclic) bond motifs is 1. The number of carbonyl (C=O) groups excluding carboxylic acids is 4. The highest BCUT2D eigenvalue weighted by Crippen LogP contribution is 2.32. The molecule has 0 bridgehead atoms. The number of nitrogens with zero attached hydrogens (tertiary/aromatic N) is 1. The lowest BCUT2D eigenvalue weighted by atomic mass is 10.0. The van der Waals surface area contributed by atoms with Gasteiger partial charge in [0.25, 0.3) is 11.8 Å². The van der Waals surface area contributed by atoms with E-state index in [1.165, 1.54) is 0 Å². The Morgan fingerprint density at radius 1 is 1.17 bits per heavy atom. The zero-order chi connectivity index (χ0) is 17.3. The quantitative estimate of drug-likeness (QED) is 0.506. The lowest BCUT2D eigenvalue weighted by molar-refractivity contribution is -0.136. The number of benzene rings is 1. The molecule has 8 nitrogen and oxygen atoms in total. The first kappa shape index (κ1) is 16.1. The molecule has 0 saturated carbocycles. The molecule has 126 valence electrons. The Hall–Kier alpha value is -2.74. The zero-order valence-electron chi connectivity index (χ0n) is 13.2. The van der Waals surface area contributed by atoms with Gasteiger partial charge in [0.15, 0.2) is 0 Å². The Balaban J connectivity index is 1.89. The largest absolute Gasteiger partial charge is 0.383 e. The molecule has 4 amide bonds. The molecule has 24 heavy (non-hydrogen) atoms.